The Labute approximate surface area is 116 Å². The molecule has 0 unspecified atom stereocenters. The van der Waals surface area contributed by atoms with Gasteiger partial charge in [-0.3, -0.25) is 0 Å². The summed E-state index contributed by atoms with van der Waals surface area (Å²) < 4.78 is 0. The van der Waals surface area contributed by atoms with Crippen molar-refractivity contribution in [3.63, 3.8) is 0 Å². The number of nitrogens with one attached hydrogen (secondary N) is 2. The molecule has 0 aliphatic heterocycles. The smallest absolute Gasteiger partial charge is 0.134 e. The molecule has 4 heteroatoms. The molecule has 1 aliphatic carbocycles. The molecule has 2 rings (SSSR count). The van der Waals surface area contributed by atoms with E-state index in [4.69, 9.17) is 0 Å². The van der Waals surface area contributed by atoms with E-state index in [1.165, 1.54) is 19.3 Å². The van der Waals surface area contributed by atoms with Crippen LogP contribution in [-0.2, 0) is 6.42 Å². The van der Waals surface area contributed by atoms with E-state index in [9.17, 15) is 0 Å². The van der Waals surface area contributed by atoms with Crippen molar-refractivity contribution < 1.29 is 0 Å². The van der Waals surface area contributed by atoms with Gasteiger partial charge in [0.1, 0.15) is 17.5 Å². The lowest BCUT2D eigenvalue weighted by Crippen LogP contribution is -2.17. The summed E-state index contributed by atoms with van der Waals surface area (Å²) >= 11 is 0. The summed E-state index contributed by atoms with van der Waals surface area (Å²) in [6.07, 6.45) is 5.96. The molecule has 2 N–H and O–H groups in total. The first-order valence-corrected chi connectivity index (χ1v) is 7.43. The van der Waals surface area contributed by atoms with Crippen LogP contribution in [-0.4, -0.2) is 23.6 Å². The molecule has 0 atom stereocenters. The molecule has 1 aliphatic rings. The van der Waals surface area contributed by atoms with E-state index in [1.807, 2.05) is 7.05 Å². The van der Waals surface area contributed by atoms with Gasteiger partial charge in [0.15, 0.2) is 0 Å². The van der Waals surface area contributed by atoms with E-state index >= 15 is 0 Å². The van der Waals surface area contributed by atoms with Crippen LogP contribution in [0.5, 0.6) is 0 Å². The highest BCUT2D eigenvalue weighted by Gasteiger charge is 2.40. The first kappa shape index (κ1) is 14.1. The van der Waals surface area contributed by atoms with E-state index in [-0.39, 0.29) is 0 Å². The second-order valence-corrected chi connectivity index (χ2v) is 5.67. The first-order chi connectivity index (χ1) is 9.14. The standard InChI is InChI=1S/C15H26N4/c1-5-7-12-18-13(16-4)11(3)14(19-12)17-10-15(6-2)8-9-15/h5-10H2,1-4H3,(H2,16,17,18,19). The van der Waals surface area contributed by atoms with Crippen LogP contribution in [0.3, 0.4) is 0 Å². The van der Waals surface area contributed by atoms with Gasteiger partial charge in [0.25, 0.3) is 0 Å². The van der Waals surface area contributed by atoms with Gasteiger partial charge in [-0.25, -0.2) is 9.97 Å². The van der Waals surface area contributed by atoms with Crippen molar-refractivity contribution in [1.82, 2.24) is 9.97 Å². The van der Waals surface area contributed by atoms with E-state index in [0.717, 1.165) is 42.4 Å². The summed E-state index contributed by atoms with van der Waals surface area (Å²) in [5.74, 6) is 2.88. The number of nitrogens with zero attached hydrogens (tertiary/aromatic N) is 2. The SMILES string of the molecule is CCCc1nc(NC)c(C)c(NCC2(CC)CC2)n1. The second kappa shape index (κ2) is 5.76. The third kappa shape index (κ3) is 3.17. The number of anilines is 2. The van der Waals surface area contributed by atoms with Crippen molar-refractivity contribution in [3.8, 4) is 0 Å². The second-order valence-electron chi connectivity index (χ2n) is 5.67. The molecule has 1 aromatic heterocycles. The van der Waals surface area contributed by atoms with Crippen molar-refractivity contribution in [1.29, 1.82) is 0 Å². The summed E-state index contributed by atoms with van der Waals surface area (Å²) in [7, 11) is 1.92. The normalized spacial score (nSPS) is 16.2. The van der Waals surface area contributed by atoms with E-state index in [2.05, 4.69) is 41.4 Å². The van der Waals surface area contributed by atoms with Crippen LogP contribution < -0.4 is 10.6 Å². The van der Waals surface area contributed by atoms with Crippen LogP contribution in [0, 0.1) is 12.3 Å². The summed E-state index contributed by atoms with van der Waals surface area (Å²) in [4.78, 5) is 9.23. The van der Waals surface area contributed by atoms with Crippen LogP contribution in [0.15, 0.2) is 0 Å². The van der Waals surface area contributed by atoms with Gasteiger partial charge in [-0.2, -0.15) is 0 Å². The highest BCUT2D eigenvalue weighted by atomic mass is 15.1. The van der Waals surface area contributed by atoms with Crippen molar-refractivity contribution in [2.45, 2.75) is 52.9 Å². The summed E-state index contributed by atoms with van der Waals surface area (Å²) in [5, 5.41) is 6.72. The van der Waals surface area contributed by atoms with Gasteiger partial charge in [0, 0.05) is 25.6 Å². The monoisotopic (exact) mass is 262 g/mol. The van der Waals surface area contributed by atoms with Gasteiger partial charge in [-0.05, 0) is 38.0 Å². The fourth-order valence-corrected chi connectivity index (χ4v) is 2.42. The molecule has 19 heavy (non-hydrogen) atoms. The lowest BCUT2D eigenvalue weighted by Gasteiger charge is -2.17. The average molecular weight is 262 g/mol. The van der Waals surface area contributed by atoms with Gasteiger partial charge in [0.05, 0.1) is 0 Å². The zero-order valence-corrected chi connectivity index (χ0v) is 12.6. The number of hydrogen-bond acceptors (Lipinski definition) is 4. The fourth-order valence-electron chi connectivity index (χ4n) is 2.42. The van der Waals surface area contributed by atoms with Gasteiger partial charge in [0.2, 0.25) is 0 Å². The molecule has 1 aromatic rings. The Morgan fingerprint density at radius 3 is 2.37 bits per heavy atom. The van der Waals surface area contributed by atoms with Crippen LogP contribution in [0.2, 0.25) is 0 Å². The van der Waals surface area contributed by atoms with Crippen molar-refractivity contribution in [2.75, 3.05) is 24.2 Å². The predicted molar refractivity (Wildman–Crippen MR) is 80.8 cm³/mol. The summed E-state index contributed by atoms with van der Waals surface area (Å²) in [5.41, 5.74) is 1.65. The zero-order valence-electron chi connectivity index (χ0n) is 12.6. The minimum absolute atomic E-state index is 0.530. The van der Waals surface area contributed by atoms with Gasteiger partial charge < -0.3 is 10.6 Å². The Balaban J connectivity index is 2.15. The lowest BCUT2D eigenvalue weighted by molar-refractivity contribution is 0.520. The molecule has 1 saturated carbocycles. The topological polar surface area (TPSA) is 49.8 Å². The van der Waals surface area contributed by atoms with Gasteiger partial charge >= 0.3 is 0 Å². The number of aromatic nitrogens is 2. The molecule has 106 valence electrons. The summed E-state index contributed by atoms with van der Waals surface area (Å²) in [6, 6.07) is 0. The third-order valence-corrected chi connectivity index (χ3v) is 4.24. The van der Waals surface area contributed by atoms with Gasteiger partial charge in [-0.15, -0.1) is 0 Å². The van der Waals surface area contributed by atoms with Crippen molar-refractivity contribution in [2.24, 2.45) is 5.41 Å². The molecular weight excluding hydrogens is 236 g/mol. The molecule has 0 bridgehead atoms. The molecule has 1 heterocycles. The largest absolute Gasteiger partial charge is 0.373 e. The molecule has 1 fully saturated rings. The Bertz CT molecular complexity index is 438. The quantitative estimate of drug-likeness (QED) is 0.791. The molecular formula is C15H26N4. The molecule has 0 spiro atoms. The number of rotatable bonds is 7. The Hall–Kier alpha value is -1.32. The van der Waals surface area contributed by atoms with Crippen LogP contribution in [0.4, 0.5) is 11.6 Å². The predicted octanol–water partition coefficient (Wildman–Crippen LogP) is 3.38. The molecule has 0 amide bonds. The molecule has 0 aromatic carbocycles. The highest BCUT2D eigenvalue weighted by molar-refractivity contribution is 5.57. The fraction of sp³-hybridized carbons (Fsp3) is 0.733. The maximum Gasteiger partial charge on any atom is 0.134 e. The highest BCUT2D eigenvalue weighted by Crippen LogP contribution is 2.48. The Morgan fingerprint density at radius 1 is 1.16 bits per heavy atom. The van der Waals surface area contributed by atoms with Crippen LogP contribution >= 0.6 is 0 Å². The van der Waals surface area contributed by atoms with E-state index in [1.54, 1.807) is 0 Å². The van der Waals surface area contributed by atoms with E-state index in [0.29, 0.717) is 5.41 Å². The first-order valence-electron chi connectivity index (χ1n) is 7.43. The summed E-state index contributed by atoms with van der Waals surface area (Å²) in [6.45, 7) is 7.56. The third-order valence-electron chi connectivity index (χ3n) is 4.24. The Morgan fingerprint density at radius 2 is 1.84 bits per heavy atom. The number of hydrogen-bond donors (Lipinski definition) is 2. The molecule has 4 nitrogen and oxygen atoms in total. The Kier molecular flexibility index (Phi) is 4.27. The number of aryl methyl sites for hydroxylation is 1. The van der Waals surface area contributed by atoms with E-state index < -0.39 is 0 Å². The minimum atomic E-state index is 0.530. The molecule has 0 saturated heterocycles. The van der Waals surface area contributed by atoms with Gasteiger partial charge in [-0.1, -0.05) is 13.8 Å². The minimum Gasteiger partial charge on any atom is -0.373 e. The average Bonchev–Trinajstić information content (AvgIpc) is 3.20. The van der Waals surface area contributed by atoms with Crippen LogP contribution in [0.25, 0.3) is 0 Å². The molecule has 0 radical (unpaired) electrons. The zero-order chi connectivity index (χ0) is 13.9. The lowest BCUT2D eigenvalue weighted by atomic mass is 10.0. The van der Waals surface area contributed by atoms with Crippen molar-refractivity contribution in [3.05, 3.63) is 11.4 Å². The van der Waals surface area contributed by atoms with Crippen LogP contribution in [0.1, 0.15) is 50.9 Å². The maximum atomic E-state index is 4.67. The maximum absolute atomic E-state index is 4.67. The van der Waals surface area contributed by atoms with Crippen molar-refractivity contribution >= 4 is 11.6 Å².